The highest BCUT2D eigenvalue weighted by atomic mass is 32.2. The number of hydrogen-bond donors (Lipinski definition) is 1. The molecule has 0 amide bonds. The van der Waals surface area contributed by atoms with Gasteiger partial charge in [-0.1, -0.05) is 25.1 Å². The van der Waals surface area contributed by atoms with Crippen molar-refractivity contribution in [2.24, 2.45) is 5.92 Å². The van der Waals surface area contributed by atoms with Crippen LogP contribution in [0.1, 0.15) is 6.92 Å². The van der Waals surface area contributed by atoms with E-state index in [9.17, 15) is 0 Å². The minimum Gasteiger partial charge on any atom is -0.396 e. The summed E-state index contributed by atoms with van der Waals surface area (Å²) in [6, 6.07) is 10.3. The lowest BCUT2D eigenvalue weighted by Crippen LogP contribution is -2.02. The molecule has 1 aromatic rings. The van der Waals surface area contributed by atoms with E-state index in [-0.39, 0.29) is 6.61 Å². The topological polar surface area (TPSA) is 20.2 Å². The van der Waals surface area contributed by atoms with Crippen molar-refractivity contribution in [2.75, 3.05) is 12.4 Å². The van der Waals surface area contributed by atoms with Gasteiger partial charge in [0.1, 0.15) is 0 Å². The molecule has 0 aromatic heterocycles. The van der Waals surface area contributed by atoms with Crippen LogP contribution in [0.5, 0.6) is 0 Å². The Labute approximate surface area is 77.8 Å². The van der Waals surface area contributed by atoms with Crippen molar-refractivity contribution in [3.63, 3.8) is 0 Å². The molecular formula is C10H14OS. The second-order valence-electron chi connectivity index (χ2n) is 2.91. The van der Waals surface area contributed by atoms with Gasteiger partial charge in [-0.2, -0.15) is 0 Å². The van der Waals surface area contributed by atoms with Gasteiger partial charge in [-0.15, -0.1) is 11.8 Å². The normalized spacial score (nSPS) is 12.8. The first-order valence-corrected chi connectivity index (χ1v) is 5.10. The molecule has 1 N–H and O–H groups in total. The SMILES string of the molecule is CC(CO)CSc1ccccc1. The van der Waals surface area contributed by atoms with Crippen LogP contribution in [0.2, 0.25) is 0 Å². The predicted octanol–water partition coefficient (Wildman–Crippen LogP) is 2.41. The summed E-state index contributed by atoms with van der Waals surface area (Å²) in [4.78, 5) is 1.28. The van der Waals surface area contributed by atoms with Gasteiger partial charge in [-0.25, -0.2) is 0 Å². The second-order valence-corrected chi connectivity index (χ2v) is 4.01. The van der Waals surface area contributed by atoms with Crippen LogP contribution in [-0.2, 0) is 0 Å². The minimum absolute atomic E-state index is 0.278. The monoisotopic (exact) mass is 182 g/mol. The fourth-order valence-electron chi connectivity index (χ4n) is 0.808. The van der Waals surface area contributed by atoms with Crippen LogP contribution in [0.15, 0.2) is 35.2 Å². The molecule has 0 radical (unpaired) electrons. The van der Waals surface area contributed by atoms with Gasteiger partial charge in [-0.05, 0) is 18.1 Å². The zero-order valence-electron chi connectivity index (χ0n) is 7.23. The summed E-state index contributed by atoms with van der Waals surface area (Å²) in [5, 5.41) is 8.80. The van der Waals surface area contributed by atoms with Crippen LogP contribution in [0.3, 0.4) is 0 Å². The number of aliphatic hydroxyl groups is 1. The first-order chi connectivity index (χ1) is 5.83. The maximum atomic E-state index is 8.80. The van der Waals surface area contributed by atoms with E-state index in [0.717, 1.165) is 5.75 Å². The molecular weight excluding hydrogens is 168 g/mol. The van der Waals surface area contributed by atoms with Gasteiger partial charge in [0, 0.05) is 17.3 Å². The van der Waals surface area contributed by atoms with Crippen molar-refractivity contribution >= 4 is 11.8 Å². The van der Waals surface area contributed by atoms with Crippen LogP contribution >= 0.6 is 11.8 Å². The maximum absolute atomic E-state index is 8.80. The smallest absolute Gasteiger partial charge is 0.0464 e. The molecule has 66 valence electrons. The summed E-state index contributed by atoms with van der Waals surface area (Å²) in [5.41, 5.74) is 0. The van der Waals surface area contributed by atoms with Gasteiger partial charge in [0.25, 0.3) is 0 Å². The number of aliphatic hydroxyl groups excluding tert-OH is 1. The zero-order valence-corrected chi connectivity index (χ0v) is 8.05. The molecule has 0 aliphatic heterocycles. The minimum atomic E-state index is 0.278. The lowest BCUT2D eigenvalue weighted by molar-refractivity contribution is 0.250. The Hall–Kier alpha value is -0.470. The summed E-state index contributed by atoms with van der Waals surface area (Å²) in [6.45, 7) is 2.33. The number of thioether (sulfide) groups is 1. The van der Waals surface area contributed by atoms with Crippen LogP contribution < -0.4 is 0 Å². The van der Waals surface area contributed by atoms with Crippen molar-refractivity contribution in [1.82, 2.24) is 0 Å². The predicted molar refractivity (Wildman–Crippen MR) is 53.4 cm³/mol. The summed E-state index contributed by atoms with van der Waals surface area (Å²) in [6.07, 6.45) is 0. The highest BCUT2D eigenvalue weighted by molar-refractivity contribution is 7.99. The number of hydrogen-bond acceptors (Lipinski definition) is 2. The van der Waals surface area contributed by atoms with Gasteiger partial charge in [0.15, 0.2) is 0 Å². The molecule has 1 nitrogen and oxygen atoms in total. The molecule has 0 spiro atoms. The lowest BCUT2D eigenvalue weighted by Gasteiger charge is -2.06. The number of benzene rings is 1. The summed E-state index contributed by atoms with van der Waals surface area (Å²) >= 11 is 1.79. The van der Waals surface area contributed by atoms with Gasteiger partial charge >= 0.3 is 0 Å². The largest absolute Gasteiger partial charge is 0.396 e. The molecule has 0 heterocycles. The van der Waals surface area contributed by atoms with Crippen LogP contribution in [0.4, 0.5) is 0 Å². The summed E-state index contributed by atoms with van der Waals surface area (Å²) in [5.74, 6) is 1.37. The van der Waals surface area contributed by atoms with Crippen molar-refractivity contribution in [2.45, 2.75) is 11.8 Å². The lowest BCUT2D eigenvalue weighted by atomic mass is 10.2. The maximum Gasteiger partial charge on any atom is 0.0464 e. The molecule has 0 aliphatic carbocycles. The van der Waals surface area contributed by atoms with Crippen molar-refractivity contribution in [1.29, 1.82) is 0 Å². The molecule has 2 heteroatoms. The second kappa shape index (κ2) is 5.22. The van der Waals surface area contributed by atoms with E-state index in [0.29, 0.717) is 5.92 Å². The third-order valence-electron chi connectivity index (χ3n) is 1.59. The highest BCUT2D eigenvalue weighted by Crippen LogP contribution is 2.19. The molecule has 0 aliphatic rings. The van der Waals surface area contributed by atoms with Crippen molar-refractivity contribution in [3.05, 3.63) is 30.3 Å². The molecule has 0 bridgehead atoms. The number of rotatable bonds is 4. The highest BCUT2D eigenvalue weighted by Gasteiger charge is 1.99. The van der Waals surface area contributed by atoms with E-state index in [1.165, 1.54) is 4.90 Å². The Kier molecular flexibility index (Phi) is 4.19. The van der Waals surface area contributed by atoms with Crippen molar-refractivity contribution < 1.29 is 5.11 Å². The summed E-state index contributed by atoms with van der Waals surface area (Å²) in [7, 11) is 0. The standard InChI is InChI=1S/C10H14OS/c1-9(7-11)8-12-10-5-3-2-4-6-10/h2-6,9,11H,7-8H2,1H3. The Morgan fingerprint density at radius 1 is 1.33 bits per heavy atom. The molecule has 12 heavy (non-hydrogen) atoms. The van der Waals surface area contributed by atoms with E-state index >= 15 is 0 Å². The molecule has 0 fully saturated rings. The Morgan fingerprint density at radius 2 is 2.00 bits per heavy atom. The molecule has 0 saturated heterocycles. The molecule has 1 unspecified atom stereocenters. The molecule has 1 aromatic carbocycles. The van der Waals surface area contributed by atoms with Gasteiger partial charge in [0.2, 0.25) is 0 Å². The Bertz CT molecular complexity index is 210. The first kappa shape index (κ1) is 9.62. The molecule has 1 atom stereocenters. The van der Waals surface area contributed by atoms with Crippen LogP contribution in [0, 0.1) is 5.92 Å². The first-order valence-electron chi connectivity index (χ1n) is 4.11. The van der Waals surface area contributed by atoms with E-state index in [4.69, 9.17) is 5.11 Å². The van der Waals surface area contributed by atoms with Gasteiger partial charge < -0.3 is 5.11 Å². The van der Waals surface area contributed by atoms with Crippen LogP contribution in [-0.4, -0.2) is 17.5 Å². The average molecular weight is 182 g/mol. The third kappa shape index (κ3) is 3.28. The van der Waals surface area contributed by atoms with E-state index in [1.54, 1.807) is 11.8 Å². The Balaban J connectivity index is 2.33. The fourth-order valence-corrected chi connectivity index (χ4v) is 1.74. The Morgan fingerprint density at radius 3 is 2.58 bits per heavy atom. The summed E-state index contributed by atoms with van der Waals surface area (Å²) < 4.78 is 0. The van der Waals surface area contributed by atoms with E-state index < -0.39 is 0 Å². The quantitative estimate of drug-likeness (QED) is 0.722. The van der Waals surface area contributed by atoms with Crippen molar-refractivity contribution in [3.8, 4) is 0 Å². The van der Waals surface area contributed by atoms with E-state index in [1.807, 2.05) is 18.2 Å². The van der Waals surface area contributed by atoms with E-state index in [2.05, 4.69) is 19.1 Å². The van der Waals surface area contributed by atoms with Crippen LogP contribution in [0.25, 0.3) is 0 Å². The molecule has 1 rings (SSSR count). The van der Waals surface area contributed by atoms with Gasteiger partial charge in [-0.3, -0.25) is 0 Å². The average Bonchev–Trinajstić information content (AvgIpc) is 2.16. The third-order valence-corrected chi connectivity index (χ3v) is 2.93. The molecule has 0 saturated carbocycles. The van der Waals surface area contributed by atoms with Gasteiger partial charge in [0.05, 0.1) is 0 Å². The fraction of sp³-hybridized carbons (Fsp3) is 0.400. The zero-order chi connectivity index (χ0) is 8.81.